The highest BCUT2D eigenvalue weighted by atomic mass is 35.5. The first-order valence-electron chi connectivity index (χ1n) is 7.09. The number of nitrogens with zero attached hydrogens (tertiary/aromatic N) is 3. The Balaban J connectivity index is 1.97. The molecule has 0 radical (unpaired) electrons. The maximum absolute atomic E-state index is 6.15. The van der Waals surface area contributed by atoms with Crippen LogP contribution in [0.4, 0.5) is 0 Å². The molecular formula is C16H15ClN4. The van der Waals surface area contributed by atoms with Crippen LogP contribution in [-0.4, -0.2) is 14.5 Å². The van der Waals surface area contributed by atoms with E-state index in [0.717, 1.165) is 33.1 Å². The second-order valence-corrected chi connectivity index (χ2v) is 5.85. The van der Waals surface area contributed by atoms with Crippen molar-refractivity contribution in [3.05, 3.63) is 47.2 Å². The maximum Gasteiger partial charge on any atom is 0.141 e. The average Bonchev–Trinajstić information content (AvgIpc) is 3.28. The predicted octanol–water partition coefficient (Wildman–Crippen LogP) is 3.55. The summed E-state index contributed by atoms with van der Waals surface area (Å²) in [6.45, 7) is 0.434. The second-order valence-electron chi connectivity index (χ2n) is 5.41. The van der Waals surface area contributed by atoms with Crippen molar-refractivity contribution in [3.8, 4) is 11.4 Å². The van der Waals surface area contributed by atoms with Gasteiger partial charge in [-0.25, -0.2) is 4.98 Å². The van der Waals surface area contributed by atoms with Gasteiger partial charge in [-0.15, -0.1) is 0 Å². The van der Waals surface area contributed by atoms with E-state index in [1.54, 1.807) is 6.20 Å². The molecule has 0 unspecified atom stereocenters. The number of aromatic nitrogens is 3. The summed E-state index contributed by atoms with van der Waals surface area (Å²) in [6.07, 6.45) is 4.18. The fourth-order valence-electron chi connectivity index (χ4n) is 2.70. The van der Waals surface area contributed by atoms with Gasteiger partial charge in [-0.2, -0.15) is 0 Å². The highest BCUT2D eigenvalue weighted by molar-refractivity contribution is 6.31. The molecule has 0 atom stereocenters. The summed E-state index contributed by atoms with van der Waals surface area (Å²) >= 11 is 6.15. The molecule has 2 aromatic heterocycles. The number of imidazole rings is 1. The molecule has 21 heavy (non-hydrogen) atoms. The molecule has 106 valence electrons. The molecule has 3 aromatic rings. The molecule has 1 aliphatic rings. The lowest BCUT2D eigenvalue weighted by Gasteiger charge is -2.08. The summed E-state index contributed by atoms with van der Waals surface area (Å²) < 4.78 is 2.30. The number of rotatable bonds is 3. The molecular weight excluding hydrogens is 284 g/mol. The fraction of sp³-hybridized carbons (Fsp3) is 0.250. The number of fused-ring (bicyclic) bond motifs is 1. The van der Waals surface area contributed by atoms with Crippen LogP contribution in [0.5, 0.6) is 0 Å². The number of pyridine rings is 1. The second kappa shape index (κ2) is 4.83. The largest absolute Gasteiger partial charge is 0.325 e. The molecule has 2 heterocycles. The lowest BCUT2D eigenvalue weighted by molar-refractivity contribution is 0.774. The SMILES string of the molecule is NCc1cc(-c2nc3ccc(Cl)cc3n2C2CC2)ccn1. The zero-order valence-electron chi connectivity index (χ0n) is 11.5. The highest BCUT2D eigenvalue weighted by Crippen LogP contribution is 2.41. The van der Waals surface area contributed by atoms with Gasteiger partial charge in [-0.05, 0) is 43.2 Å². The van der Waals surface area contributed by atoms with Crippen LogP contribution in [0.1, 0.15) is 24.6 Å². The Labute approximate surface area is 127 Å². The Kier molecular flexibility index (Phi) is 2.94. The van der Waals surface area contributed by atoms with Gasteiger partial charge in [0.2, 0.25) is 0 Å². The lowest BCUT2D eigenvalue weighted by atomic mass is 10.2. The van der Waals surface area contributed by atoms with Crippen molar-refractivity contribution >= 4 is 22.6 Å². The van der Waals surface area contributed by atoms with E-state index in [9.17, 15) is 0 Å². The number of nitrogens with two attached hydrogens (primary N) is 1. The molecule has 0 saturated heterocycles. The molecule has 5 heteroatoms. The minimum atomic E-state index is 0.434. The van der Waals surface area contributed by atoms with E-state index in [-0.39, 0.29) is 0 Å². The summed E-state index contributed by atoms with van der Waals surface area (Å²) in [4.78, 5) is 9.05. The lowest BCUT2D eigenvalue weighted by Crippen LogP contribution is -2.01. The van der Waals surface area contributed by atoms with Crippen molar-refractivity contribution < 1.29 is 0 Å². The molecule has 4 nitrogen and oxygen atoms in total. The maximum atomic E-state index is 6.15. The standard InChI is InChI=1S/C16H15ClN4/c17-11-1-4-14-15(8-11)21(13-2-3-13)16(20-14)10-5-6-19-12(7-10)9-18/h1,4-8,13H,2-3,9,18H2. The van der Waals surface area contributed by atoms with Crippen LogP contribution < -0.4 is 5.73 Å². The average molecular weight is 299 g/mol. The summed E-state index contributed by atoms with van der Waals surface area (Å²) in [6, 6.07) is 10.4. The Morgan fingerprint density at radius 1 is 1.24 bits per heavy atom. The Morgan fingerprint density at radius 2 is 2.10 bits per heavy atom. The monoisotopic (exact) mass is 298 g/mol. The van der Waals surface area contributed by atoms with Crippen molar-refractivity contribution in [2.45, 2.75) is 25.4 Å². The van der Waals surface area contributed by atoms with Crippen LogP contribution in [0.3, 0.4) is 0 Å². The Bertz CT molecular complexity index is 820. The van der Waals surface area contributed by atoms with Gasteiger partial charge in [0.1, 0.15) is 5.82 Å². The predicted molar refractivity (Wildman–Crippen MR) is 84.1 cm³/mol. The third kappa shape index (κ3) is 2.20. The summed E-state index contributed by atoms with van der Waals surface area (Å²) in [5.41, 5.74) is 9.71. The molecule has 0 amide bonds. The number of benzene rings is 1. The summed E-state index contributed by atoms with van der Waals surface area (Å²) in [7, 11) is 0. The van der Waals surface area contributed by atoms with E-state index in [1.165, 1.54) is 12.8 Å². The van der Waals surface area contributed by atoms with E-state index in [0.29, 0.717) is 12.6 Å². The molecule has 2 N–H and O–H groups in total. The van der Waals surface area contributed by atoms with Gasteiger partial charge in [0.15, 0.2) is 0 Å². The molecule has 1 saturated carbocycles. The van der Waals surface area contributed by atoms with Crippen LogP contribution in [-0.2, 0) is 6.54 Å². The van der Waals surface area contributed by atoms with E-state index in [4.69, 9.17) is 22.3 Å². The summed E-state index contributed by atoms with van der Waals surface area (Å²) in [5.74, 6) is 0.979. The first kappa shape index (κ1) is 12.8. The van der Waals surface area contributed by atoms with Crippen molar-refractivity contribution in [1.29, 1.82) is 0 Å². The van der Waals surface area contributed by atoms with Gasteiger partial charge in [0.25, 0.3) is 0 Å². The van der Waals surface area contributed by atoms with E-state index >= 15 is 0 Å². The quantitative estimate of drug-likeness (QED) is 0.804. The van der Waals surface area contributed by atoms with Crippen LogP contribution in [0.25, 0.3) is 22.4 Å². The topological polar surface area (TPSA) is 56.7 Å². The first-order chi connectivity index (χ1) is 10.3. The Hall–Kier alpha value is -1.91. The molecule has 1 aliphatic carbocycles. The van der Waals surface area contributed by atoms with Gasteiger partial charge in [-0.3, -0.25) is 4.98 Å². The third-order valence-corrected chi connectivity index (χ3v) is 4.08. The fourth-order valence-corrected chi connectivity index (χ4v) is 2.87. The number of halogens is 1. The first-order valence-corrected chi connectivity index (χ1v) is 7.47. The van der Waals surface area contributed by atoms with Gasteiger partial charge < -0.3 is 10.3 Å². The van der Waals surface area contributed by atoms with Crippen LogP contribution >= 0.6 is 11.6 Å². The highest BCUT2D eigenvalue weighted by Gasteiger charge is 2.28. The van der Waals surface area contributed by atoms with Crippen molar-refractivity contribution in [1.82, 2.24) is 14.5 Å². The van der Waals surface area contributed by atoms with Crippen molar-refractivity contribution in [2.24, 2.45) is 5.73 Å². The van der Waals surface area contributed by atoms with Crippen LogP contribution in [0.2, 0.25) is 5.02 Å². The van der Waals surface area contributed by atoms with Crippen LogP contribution in [0, 0.1) is 0 Å². The number of hydrogen-bond donors (Lipinski definition) is 1. The van der Waals surface area contributed by atoms with Crippen LogP contribution in [0.15, 0.2) is 36.5 Å². The van der Waals surface area contributed by atoms with Gasteiger partial charge in [-0.1, -0.05) is 11.6 Å². The van der Waals surface area contributed by atoms with Gasteiger partial charge in [0, 0.05) is 29.4 Å². The van der Waals surface area contributed by atoms with Gasteiger partial charge in [0.05, 0.1) is 16.7 Å². The Morgan fingerprint density at radius 3 is 2.86 bits per heavy atom. The minimum absolute atomic E-state index is 0.434. The molecule has 4 rings (SSSR count). The minimum Gasteiger partial charge on any atom is -0.325 e. The smallest absolute Gasteiger partial charge is 0.141 e. The van der Waals surface area contributed by atoms with E-state index in [2.05, 4.69) is 9.55 Å². The molecule has 0 bridgehead atoms. The molecule has 1 fully saturated rings. The molecule has 0 aliphatic heterocycles. The normalized spacial score (nSPS) is 14.8. The summed E-state index contributed by atoms with van der Waals surface area (Å²) in [5, 5.41) is 0.744. The van der Waals surface area contributed by atoms with E-state index < -0.39 is 0 Å². The third-order valence-electron chi connectivity index (χ3n) is 3.85. The molecule has 1 aromatic carbocycles. The zero-order chi connectivity index (χ0) is 14.4. The number of hydrogen-bond acceptors (Lipinski definition) is 3. The van der Waals surface area contributed by atoms with Crippen molar-refractivity contribution in [2.75, 3.05) is 0 Å². The van der Waals surface area contributed by atoms with Gasteiger partial charge >= 0.3 is 0 Å². The van der Waals surface area contributed by atoms with E-state index in [1.807, 2.05) is 30.3 Å². The molecule has 0 spiro atoms. The van der Waals surface area contributed by atoms with Crippen molar-refractivity contribution in [3.63, 3.8) is 0 Å². The zero-order valence-corrected chi connectivity index (χ0v) is 12.2.